The molecule has 0 saturated heterocycles. The van der Waals surface area contributed by atoms with Gasteiger partial charge in [0.2, 0.25) is 0 Å². The number of ether oxygens (including phenoxy) is 1. The van der Waals surface area contributed by atoms with Gasteiger partial charge in [-0.05, 0) is 42.3 Å². The fourth-order valence-corrected chi connectivity index (χ4v) is 2.69. The molecule has 23 heavy (non-hydrogen) atoms. The van der Waals surface area contributed by atoms with E-state index in [0.29, 0.717) is 13.0 Å². The first kappa shape index (κ1) is 15.2. The third-order valence-electron chi connectivity index (χ3n) is 3.91. The monoisotopic (exact) mass is 309 g/mol. The van der Waals surface area contributed by atoms with Gasteiger partial charge in [0, 0.05) is 18.8 Å². The quantitative estimate of drug-likeness (QED) is 0.619. The summed E-state index contributed by atoms with van der Waals surface area (Å²) in [5.74, 6) is -0.174. The van der Waals surface area contributed by atoms with Gasteiger partial charge in [-0.1, -0.05) is 18.2 Å². The topological polar surface area (TPSA) is 54.3 Å². The van der Waals surface area contributed by atoms with Gasteiger partial charge in [0.1, 0.15) is 0 Å². The summed E-state index contributed by atoms with van der Waals surface area (Å²) < 4.78 is 4.70. The zero-order valence-electron chi connectivity index (χ0n) is 13.1. The maximum absolute atomic E-state index is 11.3. The van der Waals surface area contributed by atoms with Crippen molar-refractivity contribution in [3.63, 3.8) is 0 Å². The van der Waals surface area contributed by atoms with Crippen molar-refractivity contribution in [1.82, 2.24) is 0 Å². The highest BCUT2D eigenvalue weighted by Crippen LogP contribution is 2.32. The molecule has 1 aliphatic rings. The van der Waals surface area contributed by atoms with Gasteiger partial charge in [-0.25, -0.2) is 0 Å². The normalized spacial score (nSPS) is 13.3. The molecule has 0 radical (unpaired) electrons. The zero-order valence-corrected chi connectivity index (χ0v) is 13.1. The summed E-state index contributed by atoms with van der Waals surface area (Å²) in [5.41, 5.74) is 4.11. The van der Waals surface area contributed by atoms with Crippen LogP contribution in [-0.4, -0.2) is 26.2 Å². The van der Waals surface area contributed by atoms with Crippen LogP contribution in [0.3, 0.4) is 0 Å². The molecule has 118 valence electrons. The summed E-state index contributed by atoms with van der Waals surface area (Å²) in [6.07, 6.45) is 1.37. The Kier molecular flexibility index (Phi) is 4.66. The van der Waals surface area contributed by atoms with Gasteiger partial charge in [0.25, 0.3) is 0 Å². The zero-order chi connectivity index (χ0) is 16.1. The third-order valence-corrected chi connectivity index (χ3v) is 3.91. The Bertz CT molecular complexity index is 713. The number of carbonyl (C=O) groups excluding carboxylic acids is 1. The van der Waals surface area contributed by atoms with Gasteiger partial charge in [-0.3, -0.25) is 4.79 Å². The van der Waals surface area contributed by atoms with Crippen LogP contribution in [0.1, 0.15) is 12.0 Å². The molecule has 0 spiro atoms. The largest absolute Gasteiger partial charge is 0.469 e. The molecule has 0 N–H and O–H groups in total. The third kappa shape index (κ3) is 3.74. The van der Waals surface area contributed by atoms with Gasteiger partial charge in [-0.15, -0.1) is 0 Å². The van der Waals surface area contributed by atoms with E-state index in [9.17, 15) is 4.79 Å². The van der Waals surface area contributed by atoms with Crippen LogP contribution in [-0.2, 0) is 16.0 Å². The molecule has 2 aromatic rings. The van der Waals surface area contributed by atoms with Gasteiger partial charge in [0.15, 0.2) is 0 Å². The molecule has 2 aromatic carbocycles. The molecular formula is C18H19N3O2. The molecular weight excluding hydrogens is 290 g/mol. The van der Waals surface area contributed by atoms with E-state index in [4.69, 9.17) is 4.74 Å². The lowest BCUT2D eigenvalue weighted by Gasteiger charge is -2.18. The number of fused-ring (bicyclic) bond motifs is 1. The van der Waals surface area contributed by atoms with Crippen LogP contribution in [0.25, 0.3) is 0 Å². The summed E-state index contributed by atoms with van der Waals surface area (Å²) in [6.45, 7) is 1.61. The molecule has 0 unspecified atom stereocenters. The summed E-state index contributed by atoms with van der Waals surface area (Å²) in [7, 11) is 1.42. The number of anilines is 1. The lowest BCUT2D eigenvalue weighted by molar-refractivity contribution is -0.140. The van der Waals surface area contributed by atoms with Crippen molar-refractivity contribution in [1.29, 1.82) is 0 Å². The molecule has 1 aliphatic heterocycles. The lowest BCUT2D eigenvalue weighted by atomic mass is 10.1. The molecule has 0 bridgehead atoms. The van der Waals surface area contributed by atoms with Crippen LogP contribution in [0.4, 0.5) is 17.1 Å². The van der Waals surface area contributed by atoms with Crippen molar-refractivity contribution < 1.29 is 9.53 Å². The molecule has 0 saturated carbocycles. The molecule has 0 amide bonds. The first-order valence-electron chi connectivity index (χ1n) is 7.68. The highest BCUT2D eigenvalue weighted by Gasteiger charge is 2.19. The SMILES string of the molecule is COC(=O)CCN1CCc2cc(N=Nc3ccccc3)ccc21. The number of hydrogen-bond donors (Lipinski definition) is 0. The Morgan fingerprint density at radius 3 is 2.70 bits per heavy atom. The summed E-state index contributed by atoms with van der Waals surface area (Å²) in [4.78, 5) is 13.5. The molecule has 0 aromatic heterocycles. The second-order valence-electron chi connectivity index (χ2n) is 5.41. The number of nitrogens with zero attached hydrogens (tertiary/aromatic N) is 3. The van der Waals surface area contributed by atoms with Crippen molar-refractivity contribution in [2.45, 2.75) is 12.8 Å². The number of benzene rings is 2. The van der Waals surface area contributed by atoms with Gasteiger partial charge in [-0.2, -0.15) is 10.2 Å². The molecule has 5 heteroatoms. The minimum atomic E-state index is -0.174. The Labute approximate surface area is 135 Å². The Morgan fingerprint density at radius 1 is 1.13 bits per heavy atom. The molecule has 5 nitrogen and oxygen atoms in total. The summed E-state index contributed by atoms with van der Waals surface area (Å²) in [6, 6.07) is 15.8. The number of azo groups is 1. The number of carbonyl (C=O) groups is 1. The lowest BCUT2D eigenvalue weighted by Crippen LogP contribution is -2.24. The van der Waals surface area contributed by atoms with Crippen LogP contribution in [0.15, 0.2) is 58.8 Å². The molecule has 0 atom stereocenters. The molecule has 1 heterocycles. The van der Waals surface area contributed by atoms with E-state index < -0.39 is 0 Å². The van der Waals surface area contributed by atoms with Crippen molar-refractivity contribution in [2.24, 2.45) is 10.2 Å². The summed E-state index contributed by atoms with van der Waals surface area (Å²) in [5, 5.41) is 8.54. The Balaban J connectivity index is 1.69. The highest BCUT2D eigenvalue weighted by atomic mass is 16.5. The predicted molar refractivity (Wildman–Crippen MR) is 89.6 cm³/mol. The van der Waals surface area contributed by atoms with Crippen LogP contribution in [0.5, 0.6) is 0 Å². The van der Waals surface area contributed by atoms with Crippen molar-refractivity contribution >= 4 is 23.0 Å². The van der Waals surface area contributed by atoms with E-state index in [-0.39, 0.29) is 5.97 Å². The van der Waals surface area contributed by atoms with E-state index in [0.717, 1.165) is 24.3 Å². The fourth-order valence-electron chi connectivity index (χ4n) is 2.69. The average Bonchev–Trinajstić information content (AvgIpc) is 3.01. The Hall–Kier alpha value is -2.69. The average molecular weight is 309 g/mol. The van der Waals surface area contributed by atoms with E-state index in [1.807, 2.05) is 36.4 Å². The number of rotatable bonds is 5. The van der Waals surface area contributed by atoms with Crippen LogP contribution < -0.4 is 4.90 Å². The van der Waals surface area contributed by atoms with Crippen LogP contribution in [0, 0.1) is 0 Å². The van der Waals surface area contributed by atoms with Gasteiger partial charge in [0.05, 0.1) is 24.9 Å². The standard InChI is InChI=1S/C18H19N3O2/c1-23-18(22)10-12-21-11-9-14-13-16(7-8-17(14)21)20-19-15-5-3-2-4-6-15/h2-8,13H,9-12H2,1H3. The smallest absolute Gasteiger partial charge is 0.307 e. The predicted octanol–water partition coefficient (Wildman–Crippen LogP) is 4.03. The molecule has 0 fully saturated rings. The van der Waals surface area contributed by atoms with E-state index in [1.54, 1.807) is 0 Å². The van der Waals surface area contributed by atoms with Crippen LogP contribution in [0.2, 0.25) is 0 Å². The van der Waals surface area contributed by atoms with E-state index >= 15 is 0 Å². The highest BCUT2D eigenvalue weighted by molar-refractivity contribution is 5.71. The Morgan fingerprint density at radius 2 is 1.91 bits per heavy atom. The van der Waals surface area contributed by atoms with E-state index in [2.05, 4.69) is 27.3 Å². The first-order chi connectivity index (χ1) is 11.3. The maximum Gasteiger partial charge on any atom is 0.307 e. The minimum Gasteiger partial charge on any atom is -0.469 e. The number of methoxy groups -OCH3 is 1. The molecule has 0 aliphatic carbocycles. The van der Waals surface area contributed by atoms with Crippen molar-refractivity contribution in [3.8, 4) is 0 Å². The summed E-state index contributed by atoms with van der Waals surface area (Å²) >= 11 is 0. The van der Waals surface area contributed by atoms with Crippen molar-refractivity contribution in [3.05, 3.63) is 54.1 Å². The second-order valence-corrected chi connectivity index (χ2v) is 5.41. The second kappa shape index (κ2) is 7.05. The number of hydrogen-bond acceptors (Lipinski definition) is 5. The molecule has 3 rings (SSSR count). The fraction of sp³-hybridized carbons (Fsp3) is 0.278. The first-order valence-corrected chi connectivity index (χ1v) is 7.68. The maximum atomic E-state index is 11.3. The van der Waals surface area contributed by atoms with Crippen LogP contribution >= 0.6 is 0 Å². The van der Waals surface area contributed by atoms with Gasteiger partial charge < -0.3 is 9.64 Å². The van der Waals surface area contributed by atoms with Gasteiger partial charge >= 0.3 is 5.97 Å². The number of esters is 1. The minimum absolute atomic E-state index is 0.174. The van der Waals surface area contributed by atoms with E-state index in [1.165, 1.54) is 18.4 Å². The van der Waals surface area contributed by atoms with Crippen molar-refractivity contribution in [2.75, 3.05) is 25.1 Å².